The van der Waals surface area contributed by atoms with Crippen LogP contribution in [0.3, 0.4) is 0 Å². The van der Waals surface area contributed by atoms with Crippen LogP contribution < -0.4 is 11.1 Å². The van der Waals surface area contributed by atoms with E-state index in [1.54, 1.807) is 17.0 Å². The molecule has 0 radical (unpaired) electrons. The van der Waals surface area contributed by atoms with Crippen molar-refractivity contribution in [1.82, 2.24) is 4.90 Å². The Hall–Kier alpha value is -1.83. The monoisotopic (exact) mass is 371 g/mol. The fourth-order valence-electron chi connectivity index (χ4n) is 2.82. The van der Waals surface area contributed by atoms with Crippen LogP contribution in [0.5, 0.6) is 0 Å². The van der Waals surface area contributed by atoms with E-state index in [2.05, 4.69) is 5.32 Å². The van der Waals surface area contributed by atoms with Crippen LogP contribution in [0.25, 0.3) is 0 Å². The van der Waals surface area contributed by atoms with Gasteiger partial charge in [0, 0.05) is 31.9 Å². The predicted molar refractivity (Wildman–Crippen MR) is 98.1 cm³/mol. The summed E-state index contributed by atoms with van der Waals surface area (Å²) in [6, 6.07) is 6.87. The Morgan fingerprint density at radius 1 is 1.32 bits per heavy atom. The molecule has 1 aromatic rings. The van der Waals surface area contributed by atoms with E-state index in [4.69, 9.17) is 15.2 Å². The van der Waals surface area contributed by atoms with Gasteiger partial charge in [-0.2, -0.15) is 0 Å². The number of hydrogen-bond donors (Lipinski definition) is 2. The van der Waals surface area contributed by atoms with Gasteiger partial charge < -0.3 is 25.4 Å². The van der Waals surface area contributed by atoms with Crippen LogP contribution in [0, 0.1) is 0 Å². The van der Waals surface area contributed by atoms with Gasteiger partial charge in [-0.3, -0.25) is 4.79 Å². The Bertz CT molecular complexity index is 577. The van der Waals surface area contributed by atoms with Crippen molar-refractivity contribution in [3.05, 3.63) is 29.8 Å². The lowest BCUT2D eigenvalue weighted by Gasteiger charge is -2.34. The van der Waals surface area contributed by atoms with E-state index in [1.165, 1.54) is 14.2 Å². The molecule has 0 saturated carbocycles. The number of rotatable bonds is 6. The number of amides is 1. The maximum Gasteiger partial charge on any atom is 0.337 e. The molecule has 1 aliphatic heterocycles. The molecule has 1 saturated heterocycles. The molecule has 1 fully saturated rings. The Morgan fingerprint density at radius 2 is 2.00 bits per heavy atom. The standard InChI is InChI=1S/C17H25N3O4.ClH/c1-23-11-15(18)16(21)20-8-6-13(7-9-20)19-14-5-3-4-12(10-14)17(22)24-2;/h3-5,10,13,15,19H,6-9,11,18H2,1-2H3;1H. The quantitative estimate of drug-likeness (QED) is 0.731. The molecule has 0 aliphatic carbocycles. The third kappa shape index (κ3) is 5.88. The highest BCUT2D eigenvalue weighted by Gasteiger charge is 2.26. The Kier molecular flexibility index (Phi) is 8.68. The molecule has 7 nitrogen and oxygen atoms in total. The highest BCUT2D eigenvalue weighted by Crippen LogP contribution is 2.18. The molecule has 1 heterocycles. The van der Waals surface area contributed by atoms with Crippen LogP contribution in [0.15, 0.2) is 24.3 Å². The molecule has 0 bridgehead atoms. The Labute approximate surface area is 154 Å². The lowest BCUT2D eigenvalue weighted by molar-refractivity contribution is -0.134. The first-order valence-corrected chi connectivity index (χ1v) is 8.03. The molecule has 0 aromatic heterocycles. The SMILES string of the molecule is COCC(N)C(=O)N1CCC(Nc2cccc(C(=O)OC)c2)CC1.Cl. The van der Waals surface area contributed by atoms with E-state index in [-0.39, 0.29) is 36.9 Å². The molecule has 140 valence electrons. The zero-order chi connectivity index (χ0) is 17.5. The van der Waals surface area contributed by atoms with Crippen LogP contribution in [0.1, 0.15) is 23.2 Å². The first-order valence-electron chi connectivity index (χ1n) is 8.03. The number of nitrogens with two attached hydrogens (primary N) is 1. The van der Waals surface area contributed by atoms with Crippen LogP contribution >= 0.6 is 12.4 Å². The van der Waals surface area contributed by atoms with E-state index < -0.39 is 6.04 Å². The van der Waals surface area contributed by atoms with Gasteiger partial charge in [0.25, 0.3) is 0 Å². The van der Waals surface area contributed by atoms with Crippen molar-refractivity contribution in [1.29, 1.82) is 0 Å². The highest BCUT2D eigenvalue weighted by molar-refractivity contribution is 5.90. The van der Waals surface area contributed by atoms with E-state index in [9.17, 15) is 9.59 Å². The van der Waals surface area contributed by atoms with Crippen molar-refractivity contribution < 1.29 is 19.1 Å². The predicted octanol–water partition coefficient (Wildman–Crippen LogP) is 1.27. The summed E-state index contributed by atoms with van der Waals surface area (Å²) in [5.74, 6) is -0.422. The van der Waals surface area contributed by atoms with Crippen LogP contribution in [-0.4, -0.2) is 62.8 Å². The fourth-order valence-corrected chi connectivity index (χ4v) is 2.82. The molecule has 1 aromatic carbocycles. The van der Waals surface area contributed by atoms with Crippen LogP contribution in [-0.2, 0) is 14.3 Å². The number of ether oxygens (including phenoxy) is 2. The Balaban J connectivity index is 0.00000312. The average molecular weight is 372 g/mol. The second-order valence-corrected chi connectivity index (χ2v) is 5.88. The van der Waals surface area contributed by atoms with Crippen molar-refractivity contribution in [2.24, 2.45) is 5.73 Å². The van der Waals surface area contributed by atoms with Crippen molar-refractivity contribution in [3.63, 3.8) is 0 Å². The van der Waals surface area contributed by atoms with E-state index in [1.807, 2.05) is 12.1 Å². The van der Waals surface area contributed by atoms with Crippen molar-refractivity contribution in [2.75, 3.05) is 39.2 Å². The number of esters is 1. The molecule has 1 amide bonds. The lowest BCUT2D eigenvalue weighted by Crippen LogP contribution is -2.50. The summed E-state index contributed by atoms with van der Waals surface area (Å²) in [7, 11) is 2.90. The smallest absolute Gasteiger partial charge is 0.337 e. The maximum atomic E-state index is 12.2. The number of carbonyl (C=O) groups is 2. The minimum atomic E-state index is -0.601. The summed E-state index contributed by atoms with van der Waals surface area (Å²) in [6.07, 6.45) is 1.65. The molecule has 25 heavy (non-hydrogen) atoms. The third-order valence-electron chi connectivity index (χ3n) is 4.12. The van der Waals surface area contributed by atoms with E-state index in [0.29, 0.717) is 18.7 Å². The minimum Gasteiger partial charge on any atom is -0.465 e. The molecular weight excluding hydrogens is 346 g/mol. The van der Waals surface area contributed by atoms with Gasteiger partial charge in [-0.1, -0.05) is 6.07 Å². The summed E-state index contributed by atoms with van der Waals surface area (Å²) < 4.78 is 9.66. The number of hydrogen-bond acceptors (Lipinski definition) is 6. The minimum absolute atomic E-state index is 0. The fraction of sp³-hybridized carbons (Fsp3) is 0.529. The molecule has 0 spiro atoms. The second kappa shape index (κ2) is 10.2. The van der Waals surface area contributed by atoms with Crippen molar-refractivity contribution >= 4 is 30.0 Å². The normalized spacial score (nSPS) is 15.9. The number of nitrogens with one attached hydrogen (secondary N) is 1. The summed E-state index contributed by atoms with van der Waals surface area (Å²) >= 11 is 0. The molecule has 2 rings (SSSR count). The number of carbonyl (C=O) groups excluding carboxylic acids is 2. The molecule has 3 N–H and O–H groups in total. The van der Waals surface area contributed by atoms with Gasteiger partial charge in [0.1, 0.15) is 6.04 Å². The van der Waals surface area contributed by atoms with Gasteiger partial charge >= 0.3 is 5.97 Å². The van der Waals surface area contributed by atoms with Crippen LogP contribution in [0.2, 0.25) is 0 Å². The summed E-state index contributed by atoms with van der Waals surface area (Å²) in [5.41, 5.74) is 7.19. The number of anilines is 1. The number of benzene rings is 1. The average Bonchev–Trinajstić information content (AvgIpc) is 2.61. The maximum absolute atomic E-state index is 12.2. The number of nitrogens with zero attached hydrogens (tertiary/aromatic N) is 1. The zero-order valence-corrected chi connectivity index (χ0v) is 15.4. The first-order chi connectivity index (χ1) is 11.5. The number of piperidine rings is 1. The number of likely N-dealkylation sites (tertiary alicyclic amines) is 1. The van der Waals surface area contributed by atoms with Gasteiger partial charge in [-0.15, -0.1) is 12.4 Å². The molecule has 8 heteroatoms. The van der Waals surface area contributed by atoms with Gasteiger partial charge in [-0.25, -0.2) is 4.79 Å². The van der Waals surface area contributed by atoms with Gasteiger partial charge in [0.2, 0.25) is 5.91 Å². The Morgan fingerprint density at radius 3 is 2.60 bits per heavy atom. The summed E-state index contributed by atoms with van der Waals surface area (Å²) in [6.45, 7) is 1.55. The highest BCUT2D eigenvalue weighted by atomic mass is 35.5. The largest absolute Gasteiger partial charge is 0.465 e. The third-order valence-corrected chi connectivity index (χ3v) is 4.12. The summed E-state index contributed by atoms with van der Waals surface area (Å²) in [4.78, 5) is 25.5. The lowest BCUT2D eigenvalue weighted by atomic mass is 10.0. The van der Waals surface area contributed by atoms with E-state index >= 15 is 0 Å². The first kappa shape index (κ1) is 21.2. The van der Waals surface area contributed by atoms with Crippen molar-refractivity contribution in [2.45, 2.75) is 24.9 Å². The second-order valence-electron chi connectivity index (χ2n) is 5.88. The topological polar surface area (TPSA) is 93.9 Å². The molecular formula is C17H26ClN3O4. The van der Waals surface area contributed by atoms with Crippen molar-refractivity contribution in [3.8, 4) is 0 Å². The van der Waals surface area contributed by atoms with Crippen LogP contribution in [0.4, 0.5) is 5.69 Å². The van der Waals surface area contributed by atoms with Gasteiger partial charge in [-0.05, 0) is 31.0 Å². The zero-order valence-electron chi connectivity index (χ0n) is 14.6. The molecule has 1 aliphatic rings. The number of halogens is 1. The molecule has 1 unspecified atom stereocenters. The summed E-state index contributed by atoms with van der Waals surface area (Å²) in [5, 5.41) is 3.41. The van der Waals surface area contributed by atoms with Gasteiger partial charge in [0.15, 0.2) is 0 Å². The van der Waals surface area contributed by atoms with E-state index in [0.717, 1.165) is 18.5 Å². The van der Waals surface area contributed by atoms with Gasteiger partial charge in [0.05, 0.1) is 19.3 Å². The molecule has 1 atom stereocenters. The number of methoxy groups -OCH3 is 2.